The normalized spacial score (nSPS) is 27.1. The average molecular weight is 479 g/mol. The van der Waals surface area contributed by atoms with Crippen LogP contribution in [0.15, 0.2) is 64.4 Å². The van der Waals surface area contributed by atoms with Gasteiger partial charge in [-0.1, -0.05) is 47.7 Å². The molecule has 0 saturated heterocycles. The highest BCUT2D eigenvalue weighted by molar-refractivity contribution is 8.00. The van der Waals surface area contributed by atoms with Gasteiger partial charge in [0, 0.05) is 27.3 Å². The molecule has 2 saturated carbocycles. The van der Waals surface area contributed by atoms with Crippen molar-refractivity contribution in [3.05, 3.63) is 74.7 Å². The predicted octanol–water partition coefficient (Wildman–Crippen LogP) is 5.21. The number of fused-ring (bicyclic) bond motifs is 6. The molecule has 0 radical (unpaired) electrons. The number of ether oxygens (including phenoxy) is 1. The second-order valence-corrected chi connectivity index (χ2v) is 11.4. The number of benzene rings is 2. The van der Waals surface area contributed by atoms with Gasteiger partial charge in [0.1, 0.15) is 12.3 Å². The Labute approximate surface area is 201 Å². The standard InChI is InChI=1S/C26H26N2O3S2/c1-31-19-10-6-5-9-18(19)22-21-15-11-12-16(13-15)23(21)32-25-24(22)33-26(30)28(25)14-20(29)27-17-7-3-2-4-8-17/h2-10,15-16,21-23H,11-14H2,1H3,(H,27,29)/t15-,16-,21-,22-,23+/m0/s1. The Hall–Kier alpha value is -2.51. The second kappa shape index (κ2) is 8.37. The van der Waals surface area contributed by atoms with Crippen LogP contribution in [0.3, 0.4) is 0 Å². The first kappa shape index (κ1) is 21.1. The molecule has 1 N–H and O–H groups in total. The molecular weight excluding hydrogens is 452 g/mol. The molecule has 0 unspecified atom stereocenters. The van der Waals surface area contributed by atoms with Gasteiger partial charge in [-0.05, 0) is 55.2 Å². The quantitative estimate of drug-likeness (QED) is 0.547. The second-order valence-electron chi connectivity index (χ2n) is 9.25. The summed E-state index contributed by atoms with van der Waals surface area (Å²) in [5.41, 5.74) is 1.92. The van der Waals surface area contributed by atoms with E-state index in [0.717, 1.165) is 21.3 Å². The lowest BCUT2D eigenvalue weighted by molar-refractivity contribution is -0.116. The van der Waals surface area contributed by atoms with Crippen LogP contribution in [0.4, 0.5) is 5.69 Å². The number of nitrogens with one attached hydrogen (secondary N) is 1. The highest BCUT2D eigenvalue weighted by Gasteiger charge is 2.55. The zero-order valence-corrected chi connectivity index (χ0v) is 20.0. The van der Waals surface area contributed by atoms with Gasteiger partial charge in [-0.2, -0.15) is 0 Å². The van der Waals surface area contributed by atoms with E-state index >= 15 is 0 Å². The Balaban J connectivity index is 1.40. The predicted molar refractivity (Wildman–Crippen MR) is 132 cm³/mol. The lowest BCUT2D eigenvalue weighted by atomic mass is 9.74. The first-order valence-electron chi connectivity index (χ1n) is 11.5. The zero-order valence-electron chi connectivity index (χ0n) is 18.4. The Kier molecular flexibility index (Phi) is 5.34. The fourth-order valence-corrected chi connectivity index (χ4v) is 9.37. The molecule has 5 nitrogen and oxygen atoms in total. The summed E-state index contributed by atoms with van der Waals surface area (Å²) in [5, 5.41) is 4.40. The molecule has 1 aromatic heterocycles. The summed E-state index contributed by atoms with van der Waals surface area (Å²) in [5.74, 6) is 2.76. The van der Waals surface area contributed by atoms with Gasteiger partial charge in [0.05, 0.1) is 12.1 Å². The third-order valence-electron chi connectivity index (χ3n) is 7.52. The Morgan fingerprint density at radius 1 is 1.09 bits per heavy atom. The van der Waals surface area contributed by atoms with E-state index in [1.807, 2.05) is 54.2 Å². The minimum atomic E-state index is -0.173. The topological polar surface area (TPSA) is 60.3 Å². The van der Waals surface area contributed by atoms with Crippen molar-refractivity contribution in [2.75, 3.05) is 12.4 Å². The van der Waals surface area contributed by atoms with E-state index in [2.05, 4.69) is 17.4 Å². The summed E-state index contributed by atoms with van der Waals surface area (Å²) in [6.07, 6.45) is 3.83. The Bertz CT molecular complexity index is 1250. The number of carbonyl (C=O) groups is 1. The van der Waals surface area contributed by atoms with Crippen LogP contribution in [-0.2, 0) is 11.3 Å². The van der Waals surface area contributed by atoms with E-state index in [4.69, 9.17) is 4.74 Å². The summed E-state index contributed by atoms with van der Waals surface area (Å²) in [7, 11) is 1.72. The van der Waals surface area contributed by atoms with Gasteiger partial charge < -0.3 is 10.1 Å². The molecule has 7 heteroatoms. The van der Waals surface area contributed by atoms with Gasteiger partial charge in [0.15, 0.2) is 0 Å². The van der Waals surface area contributed by atoms with Crippen molar-refractivity contribution in [2.45, 2.75) is 42.0 Å². The molecule has 1 amide bonds. The van der Waals surface area contributed by atoms with E-state index in [0.29, 0.717) is 23.0 Å². The van der Waals surface area contributed by atoms with E-state index in [1.54, 1.807) is 11.7 Å². The van der Waals surface area contributed by atoms with E-state index in [1.165, 1.54) is 36.2 Å². The lowest BCUT2D eigenvalue weighted by Crippen LogP contribution is -2.35. The first-order chi connectivity index (χ1) is 16.1. The number of nitrogens with zero attached hydrogens (tertiary/aromatic N) is 1. The summed E-state index contributed by atoms with van der Waals surface area (Å²) in [6.45, 7) is 0.0384. The first-order valence-corrected chi connectivity index (χ1v) is 13.2. The van der Waals surface area contributed by atoms with Crippen molar-refractivity contribution in [2.24, 2.45) is 17.8 Å². The van der Waals surface area contributed by atoms with Crippen LogP contribution < -0.4 is 14.9 Å². The van der Waals surface area contributed by atoms with Crippen LogP contribution in [-0.4, -0.2) is 22.8 Å². The van der Waals surface area contributed by atoms with Crippen LogP contribution in [0, 0.1) is 17.8 Å². The maximum atomic E-state index is 13.2. The van der Waals surface area contributed by atoms with E-state index in [9.17, 15) is 9.59 Å². The van der Waals surface area contributed by atoms with Crippen molar-refractivity contribution < 1.29 is 9.53 Å². The third-order valence-corrected chi connectivity index (χ3v) is 10.4. The van der Waals surface area contributed by atoms with Crippen LogP contribution in [0.5, 0.6) is 5.75 Å². The molecule has 3 aromatic rings. The fourth-order valence-electron chi connectivity index (χ4n) is 6.22. The maximum absolute atomic E-state index is 13.2. The number of aromatic nitrogens is 1. The van der Waals surface area contributed by atoms with Crippen molar-refractivity contribution in [1.82, 2.24) is 4.57 Å². The number of carbonyl (C=O) groups excluding carboxylic acids is 1. The molecule has 2 heterocycles. The Morgan fingerprint density at radius 2 is 1.85 bits per heavy atom. The summed E-state index contributed by atoms with van der Waals surface area (Å²) in [6, 6.07) is 17.6. The number of thiazole rings is 1. The fraction of sp³-hybridized carbons (Fsp3) is 0.385. The molecule has 3 aliphatic rings. The molecule has 2 bridgehead atoms. The monoisotopic (exact) mass is 478 g/mol. The van der Waals surface area contributed by atoms with Gasteiger partial charge in [-0.25, -0.2) is 0 Å². The zero-order chi connectivity index (χ0) is 22.5. The SMILES string of the molecule is COc1ccccc1[C@@H]1c2sc(=O)n(CC(=O)Nc3ccccc3)c2S[C@@H]2[C@H]3CC[C@@H](C3)[C@@H]12. The summed E-state index contributed by atoms with van der Waals surface area (Å²) >= 11 is 3.17. The molecule has 170 valence electrons. The van der Waals surface area contributed by atoms with Gasteiger partial charge in [-0.3, -0.25) is 14.2 Å². The number of para-hydroxylation sites is 2. The highest BCUT2D eigenvalue weighted by atomic mass is 32.2. The van der Waals surface area contributed by atoms with Crippen LogP contribution in [0.1, 0.15) is 35.6 Å². The molecule has 5 atom stereocenters. The maximum Gasteiger partial charge on any atom is 0.308 e. The molecule has 1 aliphatic heterocycles. The lowest BCUT2D eigenvalue weighted by Gasteiger charge is -2.40. The van der Waals surface area contributed by atoms with Crippen molar-refractivity contribution in [3.8, 4) is 5.75 Å². The Morgan fingerprint density at radius 3 is 2.67 bits per heavy atom. The number of methoxy groups -OCH3 is 1. The smallest absolute Gasteiger partial charge is 0.308 e. The van der Waals surface area contributed by atoms with Gasteiger partial charge >= 0.3 is 4.87 Å². The van der Waals surface area contributed by atoms with Crippen molar-refractivity contribution >= 4 is 34.7 Å². The van der Waals surface area contributed by atoms with Gasteiger partial charge in [0.2, 0.25) is 5.91 Å². The minimum Gasteiger partial charge on any atom is -0.496 e. The van der Waals surface area contributed by atoms with Crippen LogP contribution in [0.2, 0.25) is 0 Å². The number of hydrogen-bond donors (Lipinski definition) is 1. The van der Waals surface area contributed by atoms with Crippen molar-refractivity contribution in [3.63, 3.8) is 0 Å². The minimum absolute atomic E-state index is 0.0384. The van der Waals surface area contributed by atoms with E-state index in [-0.39, 0.29) is 23.2 Å². The van der Waals surface area contributed by atoms with Crippen LogP contribution in [0.25, 0.3) is 0 Å². The highest BCUT2D eigenvalue weighted by Crippen LogP contribution is 2.64. The molecule has 2 fully saturated rings. The number of rotatable bonds is 5. The molecule has 0 spiro atoms. The average Bonchev–Trinajstić information content (AvgIpc) is 3.53. The summed E-state index contributed by atoms with van der Waals surface area (Å²) in [4.78, 5) is 27.1. The number of anilines is 1. The number of thioether (sulfide) groups is 1. The molecule has 33 heavy (non-hydrogen) atoms. The third kappa shape index (κ3) is 3.53. The number of hydrogen-bond acceptors (Lipinski definition) is 5. The summed E-state index contributed by atoms with van der Waals surface area (Å²) < 4.78 is 7.46. The molecule has 2 aromatic carbocycles. The number of amides is 1. The van der Waals surface area contributed by atoms with Gasteiger partial charge in [0.25, 0.3) is 0 Å². The van der Waals surface area contributed by atoms with E-state index < -0.39 is 0 Å². The molecule has 2 aliphatic carbocycles. The molecule has 6 rings (SSSR count). The van der Waals surface area contributed by atoms with Crippen molar-refractivity contribution in [1.29, 1.82) is 0 Å². The largest absolute Gasteiger partial charge is 0.496 e. The van der Waals surface area contributed by atoms with Crippen LogP contribution >= 0.6 is 23.1 Å². The van der Waals surface area contributed by atoms with Gasteiger partial charge in [-0.15, -0.1) is 11.8 Å². The molecular formula is C26H26N2O3S2.